The molecular weight excluding hydrogens is 725 g/mol. The summed E-state index contributed by atoms with van der Waals surface area (Å²) in [6.07, 6.45) is 0. The van der Waals surface area contributed by atoms with E-state index in [0.29, 0.717) is 23.0 Å². The molecule has 7 nitrogen and oxygen atoms in total. The minimum absolute atomic E-state index is 0.543. The summed E-state index contributed by atoms with van der Waals surface area (Å²) in [7, 11) is 0. The number of aromatic nitrogens is 5. The van der Waals surface area contributed by atoms with E-state index in [9.17, 15) is 5.26 Å². The Hall–Kier alpha value is -8.34. The molecule has 0 atom stereocenters. The summed E-state index contributed by atoms with van der Waals surface area (Å²) < 4.78 is 11.8. The molecule has 4 heterocycles. The second kappa shape index (κ2) is 12.8. The van der Waals surface area contributed by atoms with Crippen molar-refractivity contribution in [1.29, 1.82) is 5.26 Å². The highest BCUT2D eigenvalue weighted by atomic mass is 16.3. The quantitative estimate of drug-likeness (QED) is 0.175. The Bertz CT molecular complexity index is 3650. The fourth-order valence-electron chi connectivity index (χ4n) is 8.73. The normalized spacial score (nSPS) is 11.7. The summed E-state index contributed by atoms with van der Waals surface area (Å²) in [4.78, 5) is 14.7. The summed E-state index contributed by atoms with van der Waals surface area (Å²) in [5, 5.41) is 16.0. The van der Waals surface area contributed by atoms with Crippen molar-refractivity contribution in [2.24, 2.45) is 0 Å². The van der Waals surface area contributed by atoms with Gasteiger partial charge in [-0.1, -0.05) is 84.9 Å². The van der Waals surface area contributed by atoms with Gasteiger partial charge in [-0.05, 0) is 97.1 Å². The topological polar surface area (TPSA) is 85.5 Å². The van der Waals surface area contributed by atoms with Crippen LogP contribution in [0.3, 0.4) is 0 Å². The van der Waals surface area contributed by atoms with E-state index in [2.05, 4.69) is 143 Å². The van der Waals surface area contributed by atoms with Crippen molar-refractivity contribution >= 4 is 65.6 Å². The number of benzene rings is 8. The van der Waals surface area contributed by atoms with Crippen LogP contribution in [0.25, 0.3) is 111 Å². The molecule has 0 radical (unpaired) electrons. The fourth-order valence-corrected chi connectivity index (χ4v) is 8.73. The molecule has 0 spiro atoms. The van der Waals surface area contributed by atoms with Crippen LogP contribution < -0.4 is 0 Å². The van der Waals surface area contributed by atoms with E-state index in [0.717, 1.165) is 93.6 Å². The SMILES string of the molecule is N#Cc1ccc(-c2nc(-c3ccccc3)nc(-c3ccc(-n4c5ccccc5c5c6oc7c(ccc8c7c7ccccc7n8-c7ccccc7)c6ccc54)cc3)n2)cc1. The van der Waals surface area contributed by atoms with E-state index in [1.54, 1.807) is 12.1 Å². The Kier molecular flexibility index (Phi) is 7.16. The largest absolute Gasteiger partial charge is 0.455 e. The van der Waals surface area contributed by atoms with Gasteiger partial charge in [-0.15, -0.1) is 0 Å². The molecule has 12 rings (SSSR count). The smallest absolute Gasteiger partial charge is 0.164 e. The van der Waals surface area contributed by atoms with Crippen LogP contribution in [0.15, 0.2) is 186 Å². The first-order valence-corrected chi connectivity index (χ1v) is 19.5. The van der Waals surface area contributed by atoms with Gasteiger partial charge in [0.25, 0.3) is 0 Å². The first-order chi connectivity index (χ1) is 29.2. The molecule has 7 heteroatoms. The number of nitriles is 1. The van der Waals surface area contributed by atoms with E-state index in [-0.39, 0.29) is 0 Å². The van der Waals surface area contributed by atoms with Crippen LogP contribution >= 0.6 is 0 Å². The van der Waals surface area contributed by atoms with Gasteiger partial charge in [0.1, 0.15) is 11.2 Å². The molecule has 0 amide bonds. The maximum Gasteiger partial charge on any atom is 0.164 e. The molecule has 4 aromatic heterocycles. The molecule has 0 N–H and O–H groups in total. The van der Waals surface area contributed by atoms with Crippen molar-refractivity contribution in [3.05, 3.63) is 188 Å². The average molecular weight is 755 g/mol. The molecular formula is C52H30N6O. The van der Waals surface area contributed by atoms with Crippen molar-refractivity contribution < 1.29 is 4.42 Å². The van der Waals surface area contributed by atoms with Gasteiger partial charge in [0.05, 0.1) is 44.5 Å². The van der Waals surface area contributed by atoms with Gasteiger partial charge in [0.2, 0.25) is 0 Å². The zero-order chi connectivity index (χ0) is 39.0. The number of rotatable bonds is 5. The van der Waals surface area contributed by atoms with E-state index in [4.69, 9.17) is 19.4 Å². The van der Waals surface area contributed by atoms with Crippen LogP contribution in [0, 0.1) is 11.3 Å². The van der Waals surface area contributed by atoms with Crippen LogP contribution in [0.2, 0.25) is 0 Å². The van der Waals surface area contributed by atoms with Gasteiger partial charge in [0.15, 0.2) is 17.5 Å². The number of nitrogens with zero attached hydrogens (tertiary/aromatic N) is 6. The lowest BCUT2D eigenvalue weighted by atomic mass is 10.1. The zero-order valence-electron chi connectivity index (χ0n) is 31.4. The van der Waals surface area contributed by atoms with Gasteiger partial charge in [-0.25, -0.2) is 15.0 Å². The van der Waals surface area contributed by atoms with Crippen LogP contribution in [0.1, 0.15) is 5.56 Å². The second-order valence-electron chi connectivity index (χ2n) is 14.7. The lowest BCUT2D eigenvalue weighted by molar-refractivity contribution is 0.677. The van der Waals surface area contributed by atoms with Crippen molar-refractivity contribution in [2.45, 2.75) is 0 Å². The molecule has 59 heavy (non-hydrogen) atoms. The van der Waals surface area contributed by atoms with Crippen LogP contribution in [-0.2, 0) is 0 Å². The zero-order valence-corrected chi connectivity index (χ0v) is 31.4. The molecule has 0 aliphatic heterocycles. The van der Waals surface area contributed by atoms with Crippen molar-refractivity contribution in [2.75, 3.05) is 0 Å². The second-order valence-corrected chi connectivity index (χ2v) is 14.7. The molecule has 8 aromatic carbocycles. The standard InChI is InChI=1S/C52H30N6O/c53-31-32-19-21-34(22-20-32)51-54-50(33-11-3-1-4-12-33)55-52(56-51)35-23-25-37(26-24-35)58-43-18-10-8-16-41(43)47-45(58)30-28-39-38-27-29-44-46(48(38)59-49(39)47)40-15-7-9-17-42(40)57(44)36-13-5-2-6-14-36/h1-30H. The summed E-state index contributed by atoms with van der Waals surface area (Å²) in [5.74, 6) is 1.69. The first kappa shape index (κ1) is 32.9. The lowest BCUT2D eigenvalue weighted by Gasteiger charge is -2.11. The minimum atomic E-state index is 0.543. The third-order valence-corrected chi connectivity index (χ3v) is 11.4. The fraction of sp³-hybridized carbons (Fsp3) is 0. The maximum absolute atomic E-state index is 9.37. The molecule has 0 saturated carbocycles. The monoisotopic (exact) mass is 754 g/mol. The summed E-state index contributed by atoms with van der Waals surface area (Å²) in [5.41, 5.74) is 11.4. The minimum Gasteiger partial charge on any atom is -0.455 e. The summed E-state index contributed by atoms with van der Waals surface area (Å²) >= 11 is 0. The number of hydrogen-bond donors (Lipinski definition) is 0. The average Bonchev–Trinajstić information content (AvgIpc) is 3.97. The number of fused-ring (bicyclic) bond motifs is 11. The van der Waals surface area contributed by atoms with Crippen molar-refractivity contribution in [1.82, 2.24) is 24.1 Å². The van der Waals surface area contributed by atoms with Gasteiger partial charge >= 0.3 is 0 Å². The molecule has 0 saturated heterocycles. The predicted octanol–water partition coefficient (Wildman–Crippen LogP) is 12.8. The van der Waals surface area contributed by atoms with Gasteiger partial charge in [-0.2, -0.15) is 5.26 Å². The van der Waals surface area contributed by atoms with Crippen LogP contribution in [-0.4, -0.2) is 24.1 Å². The Morgan fingerprint density at radius 3 is 1.31 bits per heavy atom. The Morgan fingerprint density at radius 2 is 0.797 bits per heavy atom. The Morgan fingerprint density at radius 1 is 0.373 bits per heavy atom. The molecule has 12 aromatic rings. The highest BCUT2D eigenvalue weighted by Crippen LogP contribution is 2.44. The van der Waals surface area contributed by atoms with E-state index in [1.807, 2.05) is 42.5 Å². The third-order valence-electron chi connectivity index (χ3n) is 11.4. The van der Waals surface area contributed by atoms with Crippen LogP contribution in [0.5, 0.6) is 0 Å². The molecule has 0 unspecified atom stereocenters. The van der Waals surface area contributed by atoms with E-state index < -0.39 is 0 Å². The molecule has 0 bridgehead atoms. The highest BCUT2D eigenvalue weighted by Gasteiger charge is 2.22. The third kappa shape index (κ3) is 5.04. The maximum atomic E-state index is 9.37. The Labute approximate surface area is 337 Å². The Balaban J connectivity index is 1.03. The lowest BCUT2D eigenvalue weighted by Crippen LogP contribution is -2.00. The van der Waals surface area contributed by atoms with E-state index in [1.165, 1.54) is 0 Å². The van der Waals surface area contributed by atoms with Gasteiger partial charge in [-0.3, -0.25) is 0 Å². The molecule has 0 aliphatic carbocycles. The van der Waals surface area contributed by atoms with Crippen molar-refractivity contribution in [3.63, 3.8) is 0 Å². The number of para-hydroxylation sites is 3. The van der Waals surface area contributed by atoms with Crippen LogP contribution in [0.4, 0.5) is 0 Å². The highest BCUT2D eigenvalue weighted by molar-refractivity contribution is 6.29. The molecule has 0 fully saturated rings. The van der Waals surface area contributed by atoms with Crippen molar-refractivity contribution in [3.8, 4) is 51.6 Å². The summed E-state index contributed by atoms with van der Waals surface area (Å²) in [6.45, 7) is 0. The van der Waals surface area contributed by atoms with E-state index >= 15 is 0 Å². The van der Waals surface area contributed by atoms with Gasteiger partial charge < -0.3 is 13.6 Å². The number of furan rings is 1. The number of hydrogen-bond acceptors (Lipinski definition) is 5. The van der Waals surface area contributed by atoms with Gasteiger partial charge in [0, 0.05) is 49.6 Å². The molecule has 274 valence electrons. The summed E-state index contributed by atoms with van der Waals surface area (Å²) in [6, 6.07) is 64.4. The first-order valence-electron chi connectivity index (χ1n) is 19.5. The predicted molar refractivity (Wildman–Crippen MR) is 237 cm³/mol. The molecule has 0 aliphatic rings.